The first-order valence-electron chi connectivity index (χ1n) is 11.6. The zero-order valence-corrected chi connectivity index (χ0v) is 21.3. The van der Waals surface area contributed by atoms with E-state index in [1.807, 2.05) is 6.07 Å². The predicted molar refractivity (Wildman–Crippen MR) is 139 cm³/mol. The minimum Gasteiger partial charge on any atom is -0.486 e. The van der Waals surface area contributed by atoms with E-state index in [0.29, 0.717) is 49.1 Å². The van der Waals surface area contributed by atoms with E-state index in [2.05, 4.69) is 15.2 Å². The Morgan fingerprint density at radius 1 is 1.09 bits per heavy atom. The van der Waals surface area contributed by atoms with Gasteiger partial charge < -0.3 is 24.3 Å². The summed E-state index contributed by atoms with van der Waals surface area (Å²) < 4.78 is 27.4. The maximum absolute atomic E-state index is 14.6. The number of nitrogens with one attached hydrogen (secondary N) is 1. The number of aromatic nitrogens is 2. The van der Waals surface area contributed by atoms with Gasteiger partial charge in [-0.05, 0) is 55.9 Å². The van der Waals surface area contributed by atoms with Gasteiger partial charge in [0.2, 0.25) is 0 Å². The molecule has 0 aliphatic carbocycles. The molecule has 190 valence electrons. The average molecular weight is 525 g/mol. The summed E-state index contributed by atoms with van der Waals surface area (Å²) in [5.41, 5.74) is 2.15. The number of benzene rings is 1. The van der Waals surface area contributed by atoms with Crippen molar-refractivity contribution in [2.45, 2.75) is 31.8 Å². The minimum absolute atomic E-state index is 0. The van der Waals surface area contributed by atoms with Gasteiger partial charge in [-0.25, -0.2) is 4.39 Å². The predicted octanol–water partition coefficient (Wildman–Crippen LogP) is 3.48. The maximum atomic E-state index is 14.6. The Balaban J connectivity index is 0.00000171. The van der Waals surface area contributed by atoms with Gasteiger partial charge in [-0.2, -0.15) is 0 Å². The van der Waals surface area contributed by atoms with Crippen molar-refractivity contribution in [3.8, 4) is 11.5 Å². The van der Waals surface area contributed by atoms with E-state index in [4.69, 9.17) is 9.47 Å². The van der Waals surface area contributed by atoms with Gasteiger partial charge in [0.15, 0.2) is 11.5 Å². The number of rotatable bonds is 6. The molecule has 7 nitrogen and oxygen atoms in total. The van der Waals surface area contributed by atoms with Crippen LogP contribution in [0.25, 0.3) is 10.9 Å². The van der Waals surface area contributed by atoms with Crippen LogP contribution in [0.3, 0.4) is 0 Å². The number of pyridine rings is 2. The van der Waals surface area contributed by atoms with E-state index >= 15 is 0 Å². The Morgan fingerprint density at radius 3 is 2.57 bits per heavy atom. The fourth-order valence-corrected chi connectivity index (χ4v) is 4.75. The fraction of sp³-hybridized carbons (Fsp3) is 0.440. The van der Waals surface area contributed by atoms with Crippen LogP contribution >= 0.6 is 24.8 Å². The van der Waals surface area contributed by atoms with Crippen LogP contribution in [-0.2, 0) is 20.0 Å². The molecule has 3 aromatic rings. The van der Waals surface area contributed by atoms with Gasteiger partial charge in [-0.3, -0.25) is 9.78 Å². The molecule has 0 saturated carbocycles. The Hall–Kier alpha value is -2.39. The molecule has 2 aromatic heterocycles. The fourth-order valence-electron chi connectivity index (χ4n) is 4.75. The number of piperidine rings is 1. The van der Waals surface area contributed by atoms with Crippen LogP contribution in [0, 0.1) is 5.82 Å². The summed E-state index contributed by atoms with van der Waals surface area (Å²) in [6, 6.07) is 8.91. The largest absolute Gasteiger partial charge is 0.486 e. The van der Waals surface area contributed by atoms with Gasteiger partial charge in [0.25, 0.3) is 5.56 Å². The maximum Gasteiger partial charge on any atom is 0.250 e. The lowest BCUT2D eigenvalue weighted by atomic mass is 10.0. The Bertz CT molecular complexity index is 1220. The standard InChI is InChI=1S/C25H29FN4O3.2ClH/c1-29-24(31)5-3-17-2-4-21(26)20(25(17)29)8-11-30-9-6-18(7-10-30)27-15-19-14-22-23(16-28-19)33-13-12-32-22;;/h2-5,14,16,18,27H,6-13,15H2,1H3;2*1H. The van der Waals surface area contributed by atoms with Crippen molar-refractivity contribution < 1.29 is 13.9 Å². The molecule has 4 heterocycles. The third-order valence-corrected chi connectivity index (χ3v) is 6.65. The van der Waals surface area contributed by atoms with Gasteiger partial charge in [-0.15, -0.1) is 24.8 Å². The summed E-state index contributed by atoms with van der Waals surface area (Å²) >= 11 is 0. The summed E-state index contributed by atoms with van der Waals surface area (Å²) in [4.78, 5) is 18.9. The van der Waals surface area contributed by atoms with Crippen LogP contribution in [0.2, 0.25) is 0 Å². The van der Waals surface area contributed by atoms with Crippen LogP contribution in [0.1, 0.15) is 24.1 Å². The smallest absolute Gasteiger partial charge is 0.250 e. The van der Waals surface area contributed by atoms with Crippen LogP contribution in [0.4, 0.5) is 4.39 Å². The number of hydrogen-bond donors (Lipinski definition) is 1. The molecule has 35 heavy (non-hydrogen) atoms. The number of halogens is 3. The van der Waals surface area contributed by atoms with Gasteiger partial charge in [0.1, 0.15) is 19.0 Å². The molecule has 0 spiro atoms. The lowest BCUT2D eigenvalue weighted by Crippen LogP contribution is -2.43. The zero-order valence-electron chi connectivity index (χ0n) is 19.7. The monoisotopic (exact) mass is 524 g/mol. The summed E-state index contributed by atoms with van der Waals surface area (Å²) in [5.74, 6) is 1.23. The number of ether oxygens (including phenoxy) is 2. The van der Waals surface area contributed by atoms with E-state index in [1.165, 1.54) is 12.1 Å². The second kappa shape index (κ2) is 12.0. The number of likely N-dealkylation sites (tertiary alicyclic amines) is 1. The van der Waals surface area contributed by atoms with E-state index in [-0.39, 0.29) is 36.2 Å². The minimum atomic E-state index is -0.243. The molecule has 5 rings (SSSR count). The molecule has 2 aliphatic rings. The topological polar surface area (TPSA) is 68.6 Å². The number of aryl methyl sites for hydroxylation is 1. The summed E-state index contributed by atoms with van der Waals surface area (Å²) in [6.45, 7) is 4.51. The van der Waals surface area contributed by atoms with Gasteiger partial charge in [0.05, 0.1) is 17.4 Å². The van der Waals surface area contributed by atoms with E-state index < -0.39 is 0 Å². The van der Waals surface area contributed by atoms with Crippen LogP contribution in [0.5, 0.6) is 11.5 Å². The number of nitrogens with zero attached hydrogens (tertiary/aromatic N) is 3. The highest BCUT2D eigenvalue weighted by molar-refractivity contribution is 5.85. The van der Waals surface area contributed by atoms with Crippen molar-refractivity contribution in [3.63, 3.8) is 0 Å². The molecule has 2 aliphatic heterocycles. The highest BCUT2D eigenvalue weighted by atomic mass is 35.5. The van der Waals surface area contributed by atoms with Crippen molar-refractivity contribution in [1.29, 1.82) is 0 Å². The zero-order chi connectivity index (χ0) is 22.8. The molecule has 0 amide bonds. The molecular formula is C25H31Cl2FN4O3. The molecule has 10 heteroatoms. The second-order valence-electron chi connectivity index (χ2n) is 8.76. The van der Waals surface area contributed by atoms with Crippen molar-refractivity contribution in [1.82, 2.24) is 19.8 Å². The van der Waals surface area contributed by atoms with Crippen molar-refractivity contribution in [2.24, 2.45) is 7.05 Å². The first-order valence-corrected chi connectivity index (χ1v) is 11.6. The summed E-state index contributed by atoms with van der Waals surface area (Å²) in [7, 11) is 1.71. The number of hydrogen-bond acceptors (Lipinski definition) is 6. The van der Waals surface area contributed by atoms with Crippen LogP contribution < -0.4 is 20.3 Å². The molecule has 0 radical (unpaired) electrons. The Labute approximate surface area is 216 Å². The molecule has 0 unspecified atom stereocenters. The molecule has 0 bridgehead atoms. The first-order chi connectivity index (χ1) is 16.1. The summed E-state index contributed by atoms with van der Waals surface area (Å²) in [5, 5.41) is 4.50. The van der Waals surface area contributed by atoms with E-state index in [9.17, 15) is 9.18 Å². The van der Waals surface area contributed by atoms with Crippen LogP contribution in [-0.4, -0.2) is 53.3 Å². The van der Waals surface area contributed by atoms with Gasteiger partial charge in [0, 0.05) is 43.9 Å². The second-order valence-corrected chi connectivity index (χ2v) is 8.76. The quantitative estimate of drug-likeness (QED) is 0.532. The van der Waals surface area contributed by atoms with Crippen molar-refractivity contribution >= 4 is 35.7 Å². The van der Waals surface area contributed by atoms with Gasteiger partial charge >= 0.3 is 0 Å². The third-order valence-electron chi connectivity index (χ3n) is 6.65. The molecule has 1 saturated heterocycles. The normalized spacial score (nSPS) is 15.9. The average Bonchev–Trinajstić information content (AvgIpc) is 2.85. The van der Waals surface area contributed by atoms with Crippen molar-refractivity contribution in [3.05, 3.63) is 64.0 Å². The van der Waals surface area contributed by atoms with E-state index in [0.717, 1.165) is 49.3 Å². The van der Waals surface area contributed by atoms with Gasteiger partial charge in [-0.1, -0.05) is 0 Å². The molecule has 1 fully saturated rings. The summed E-state index contributed by atoms with van der Waals surface area (Å²) in [6.07, 6.45) is 4.37. The third kappa shape index (κ3) is 6.06. The first kappa shape index (κ1) is 27.2. The highest BCUT2D eigenvalue weighted by Gasteiger charge is 2.20. The molecule has 0 atom stereocenters. The molecule has 1 aromatic carbocycles. The van der Waals surface area contributed by atoms with E-state index in [1.54, 1.807) is 29.9 Å². The number of fused-ring (bicyclic) bond motifs is 2. The highest BCUT2D eigenvalue weighted by Crippen LogP contribution is 2.29. The molecular weight excluding hydrogens is 494 g/mol. The van der Waals surface area contributed by atoms with Crippen molar-refractivity contribution in [2.75, 3.05) is 32.8 Å². The lowest BCUT2D eigenvalue weighted by molar-refractivity contribution is 0.170. The lowest BCUT2D eigenvalue weighted by Gasteiger charge is -2.32. The van der Waals surface area contributed by atoms with Crippen LogP contribution in [0.15, 0.2) is 41.3 Å². The Kier molecular flexibility index (Phi) is 9.35. The SMILES string of the molecule is Cl.Cl.Cn1c(=O)ccc2ccc(F)c(CCN3CCC(NCc4cc5c(cn4)OCCO5)CC3)c21. The Morgan fingerprint density at radius 2 is 1.80 bits per heavy atom. The molecule has 1 N–H and O–H groups in total.